The molecule has 1 aromatic heterocycles. The van der Waals surface area contributed by atoms with Gasteiger partial charge in [-0.25, -0.2) is 9.97 Å². The molecule has 0 amide bonds. The van der Waals surface area contributed by atoms with E-state index < -0.39 is 11.9 Å². The van der Waals surface area contributed by atoms with E-state index in [0.717, 1.165) is 18.0 Å². The molecule has 0 saturated carbocycles. The summed E-state index contributed by atoms with van der Waals surface area (Å²) in [6.45, 7) is 3.84. The minimum Gasteiger partial charge on any atom is -0.368 e. The first-order valence-electron chi connectivity index (χ1n) is 7.86. The van der Waals surface area contributed by atoms with Gasteiger partial charge in [0.1, 0.15) is 5.69 Å². The van der Waals surface area contributed by atoms with Crippen LogP contribution in [0.15, 0.2) is 36.5 Å². The molecule has 0 radical (unpaired) electrons. The first-order valence-corrected chi connectivity index (χ1v) is 7.86. The first-order chi connectivity index (χ1) is 11.8. The number of piperazine rings is 1. The van der Waals surface area contributed by atoms with Gasteiger partial charge in [0.05, 0.1) is 0 Å². The molecule has 0 N–H and O–H groups in total. The van der Waals surface area contributed by atoms with Gasteiger partial charge in [0.2, 0.25) is 5.95 Å². The van der Waals surface area contributed by atoms with Gasteiger partial charge in [-0.3, -0.25) is 4.79 Å². The van der Waals surface area contributed by atoms with Crippen molar-refractivity contribution in [3.05, 3.63) is 47.8 Å². The number of carbonyl (C=O) groups excluding carboxylic acids is 1. The van der Waals surface area contributed by atoms with Gasteiger partial charge in [0, 0.05) is 43.6 Å². The van der Waals surface area contributed by atoms with Crippen molar-refractivity contribution in [2.45, 2.75) is 13.1 Å². The number of ketones is 1. The molecule has 25 heavy (non-hydrogen) atoms. The summed E-state index contributed by atoms with van der Waals surface area (Å²) in [4.78, 5) is 22.8. The SMILES string of the molecule is CC(=O)c1ccc(N2CCN(c3nccc(C(F)(F)F)n3)CC2)cc1. The Labute approximate surface area is 143 Å². The van der Waals surface area contributed by atoms with Gasteiger partial charge in [-0.05, 0) is 37.3 Å². The van der Waals surface area contributed by atoms with E-state index in [1.54, 1.807) is 17.0 Å². The standard InChI is InChI=1S/C17H17F3N4O/c1-12(25)13-2-4-14(5-3-13)23-8-10-24(11-9-23)16-21-7-6-15(22-16)17(18,19)20/h2-7H,8-11H2,1H3. The molecule has 3 rings (SSSR count). The third kappa shape index (κ3) is 3.89. The minimum absolute atomic E-state index is 0.0121. The van der Waals surface area contributed by atoms with Crippen molar-refractivity contribution in [1.82, 2.24) is 9.97 Å². The topological polar surface area (TPSA) is 49.3 Å². The number of alkyl halides is 3. The predicted octanol–water partition coefficient (Wildman–Crippen LogP) is 3.02. The average Bonchev–Trinajstić information content (AvgIpc) is 2.61. The lowest BCUT2D eigenvalue weighted by Gasteiger charge is -2.36. The summed E-state index contributed by atoms with van der Waals surface area (Å²) in [5.41, 5.74) is 0.703. The molecule has 1 saturated heterocycles. The van der Waals surface area contributed by atoms with Gasteiger partial charge in [0.25, 0.3) is 0 Å². The van der Waals surface area contributed by atoms with Crippen LogP contribution in [0.5, 0.6) is 0 Å². The van der Waals surface area contributed by atoms with Crippen molar-refractivity contribution in [2.75, 3.05) is 36.0 Å². The van der Waals surface area contributed by atoms with E-state index in [-0.39, 0.29) is 11.7 Å². The van der Waals surface area contributed by atoms with E-state index >= 15 is 0 Å². The molecule has 2 aromatic rings. The molecule has 1 aromatic carbocycles. The van der Waals surface area contributed by atoms with Crippen LogP contribution in [0.4, 0.5) is 24.8 Å². The van der Waals surface area contributed by atoms with Crippen LogP contribution in [0.3, 0.4) is 0 Å². The summed E-state index contributed by atoms with van der Waals surface area (Å²) >= 11 is 0. The Morgan fingerprint density at radius 1 is 1.00 bits per heavy atom. The zero-order valence-electron chi connectivity index (χ0n) is 13.6. The number of aromatic nitrogens is 2. The van der Waals surface area contributed by atoms with E-state index in [2.05, 4.69) is 14.9 Å². The fourth-order valence-electron chi connectivity index (χ4n) is 2.73. The van der Waals surface area contributed by atoms with Crippen molar-refractivity contribution in [3.8, 4) is 0 Å². The van der Waals surface area contributed by atoms with Gasteiger partial charge in [-0.2, -0.15) is 13.2 Å². The third-order valence-corrected chi connectivity index (χ3v) is 4.13. The van der Waals surface area contributed by atoms with Crippen LogP contribution < -0.4 is 9.80 Å². The molecule has 0 aliphatic carbocycles. The second-order valence-electron chi connectivity index (χ2n) is 5.82. The number of rotatable bonds is 3. The van der Waals surface area contributed by atoms with Crippen LogP contribution in [-0.2, 0) is 6.18 Å². The Kier molecular flexibility index (Phi) is 4.61. The van der Waals surface area contributed by atoms with Crippen LogP contribution in [0.1, 0.15) is 23.0 Å². The molecule has 2 heterocycles. The van der Waals surface area contributed by atoms with Crippen LogP contribution in [0.2, 0.25) is 0 Å². The Bertz CT molecular complexity index is 753. The predicted molar refractivity (Wildman–Crippen MR) is 87.9 cm³/mol. The van der Waals surface area contributed by atoms with Gasteiger partial charge >= 0.3 is 6.18 Å². The molecule has 8 heteroatoms. The van der Waals surface area contributed by atoms with Gasteiger partial charge in [-0.1, -0.05) is 0 Å². The highest BCUT2D eigenvalue weighted by molar-refractivity contribution is 5.94. The lowest BCUT2D eigenvalue weighted by Crippen LogP contribution is -2.47. The van der Waals surface area contributed by atoms with E-state index in [1.807, 2.05) is 12.1 Å². The lowest BCUT2D eigenvalue weighted by atomic mass is 10.1. The summed E-state index contributed by atoms with van der Waals surface area (Å²) in [7, 11) is 0. The van der Waals surface area contributed by atoms with E-state index in [4.69, 9.17) is 0 Å². The Balaban J connectivity index is 1.67. The van der Waals surface area contributed by atoms with Gasteiger partial charge < -0.3 is 9.80 Å². The van der Waals surface area contributed by atoms with Crippen molar-refractivity contribution >= 4 is 17.4 Å². The number of nitrogens with zero attached hydrogens (tertiary/aromatic N) is 4. The second-order valence-corrected chi connectivity index (χ2v) is 5.82. The highest BCUT2D eigenvalue weighted by atomic mass is 19.4. The third-order valence-electron chi connectivity index (χ3n) is 4.13. The van der Waals surface area contributed by atoms with Crippen molar-refractivity contribution in [2.24, 2.45) is 0 Å². The molecule has 0 unspecified atom stereocenters. The van der Waals surface area contributed by atoms with Crippen LogP contribution >= 0.6 is 0 Å². The molecule has 0 atom stereocenters. The molecule has 1 fully saturated rings. The van der Waals surface area contributed by atoms with Gasteiger partial charge in [0.15, 0.2) is 5.78 Å². The molecular formula is C17H17F3N4O. The van der Waals surface area contributed by atoms with E-state index in [9.17, 15) is 18.0 Å². The number of anilines is 2. The number of carbonyl (C=O) groups is 1. The second kappa shape index (κ2) is 6.70. The molecule has 5 nitrogen and oxygen atoms in total. The number of hydrogen-bond donors (Lipinski definition) is 0. The van der Waals surface area contributed by atoms with Crippen LogP contribution in [0.25, 0.3) is 0 Å². The Morgan fingerprint density at radius 2 is 1.60 bits per heavy atom. The molecular weight excluding hydrogens is 333 g/mol. The fourth-order valence-corrected chi connectivity index (χ4v) is 2.73. The summed E-state index contributed by atoms with van der Waals surface area (Å²) in [5.74, 6) is 0.111. The number of hydrogen-bond acceptors (Lipinski definition) is 5. The van der Waals surface area contributed by atoms with Crippen molar-refractivity contribution < 1.29 is 18.0 Å². The van der Waals surface area contributed by atoms with Crippen molar-refractivity contribution in [1.29, 1.82) is 0 Å². The summed E-state index contributed by atoms with van der Waals surface area (Å²) in [5, 5.41) is 0. The quantitative estimate of drug-likeness (QED) is 0.797. The largest absolute Gasteiger partial charge is 0.433 e. The maximum Gasteiger partial charge on any atom is 0.433 e. The summed E-state index contributed by atoms with van der Waals surface area (Å²) in [6.07, 6.45) is -3.34. The lowest BCUT2D eigenvalue weighted by molar-refractivity contribution is -0.141. The molecule has 0 bridgehead atoms. The average molecular weight is 350 g/mol. The Morgan fingerprint density at radius 3 is 2.16 bits per heavy atom. The first kappa shape index (κ1) is 17.2. The normalized spacial score (nSPS) is 15.4. The smallest absolute Gasteiger partial charge is 0.368 e. The van der Waals surface area contributed by atoms with E-state index in [0.29, 0.717) is 31.7 Å². The number of halogens is 3. The Hall–Kier alpha value is -2.64. The van der Waals surface area contributed by atoms with Crippen molar-refractivity contribution in [3.63, 3.8) is 0 Å². The van der Waals surface area contributed by atoms with Gasteiger partial charge in [-0.15, -0.1) is 0 Å². The number of Topliss-reactive ketones (excluding diaryl/α,β-unsaturated/α-hetero) is 1. The minimum atomic E-state index is -4.47. The summed E-state index contributed by atoms with van der Waals surface area (Å²) in [6, 6.07) is 8.19. The van der Waals surface area contributed by atoms with Crippen LogP contribution in [0, 0.1) is 0 Å². The van der Waals surface area contributed by atoms with Crippen LogP contribution in [-0.4, -0.2) is 41.9 Å². The maximum atomic E-state index is 12.8. The fraction of sp³-hybridized carbons (Fsp3) is 0.353. The summed E-state index contributed by atoms with van der Waals surface area (Å²) < 4.78 is 38.3. The number of benzene rings is 1. The molecule has 1 aliphatic rings. The highest BCUT2D eigenvalue weighted by Gasteiger charge is 2.33. The van der Waals surface area contributed by atoms with E-state index in [1.165, 1.54) is 6.92 Å². The molecule has 1 aliphatic heterocycles. The zero-order valence-corrected chi connectivity index (χ0v) is 13.6. The zero-order chi connectivity index (χ0) is 18.0. The maximum absolute atomic E-state index is 12.8. The monoisotopic (exact) mass is 350 g/mol. The molecule has 0 spiro atoms. The molecule has 132 valence electrons. The highest BCUT2D eigenvalue weighted by Crippen LogP contribution is 2.28.